The normalized spacial score (nSPS) is 41.3. The van der Waals surface area contributed by atoms with Gasteiger partial charge in [-0.2, -0.15) is 0 Å². The maximum atomic E-state index is 11.0. The molecule has 4 nitrogen and oxygen atoms in total. The van der Waals surface area contributed by atoms with Gasteiger partial charge in [0.2, 0.25) is 5.91 Å². The molecule has 0 bridgehead atoms. The number of carbonyl (C=O) groups is 1. The molecule has 0 aromatic rings. The molecule has 4 heteroatoms. The Labute approximate surface area is 90.7 Å². The third kappa shape index (κ3) is 2.69. The summed E-state index contributed by atoms with van der Waals surface area (Å²) < 4.78 is 0. The maximum absolute atomic E-state index is 11.0. The lowest BCUT2D eigenvalue weighted by atomic mass is 9.70. The second kappa shape index (κ2) is 4.94. The van der Waals surface area contributed by atoms with Crippen LogP contribution >= 0.6 is 0 Å². The summed E-state index contributed by atoms with van der Waals surface area (Å²) in [5.74, 6) is 0.533. The molecule has 0 radical (unpaired) electrons. The topological polar surface area (TPSA) is 69.6 Å². The first-order chi connectivity index (χ1) is 6.97. The molecule has 0 aliphatic heterocycles. The van der Waals surface area contributed by atoms with Crippen LogP contribution in [-0.4, -0.2) is 34.9 Å². The third-order valence-electron chi connectivity index (χ3n) is 3.70. The van der Waals surface area contributed by atoms with Gasteiger partial charge in [-0.1, -0.05) is 13.8 Å². The molecular formula is C11H21NO3. The van der Waals surface area contributed by atoms with Crippen molar-refractivity contribution in [2.75, 3.05) is 6.61 Å². The Morgan fingerprint density at radius 3 is 2.47 bits per heavy atom. The number of nitrogens with one attached hydrogen (secondary N) is 1. The Morgan fingerprint density at radius 2 is 2.00 bits per heavy atom. The zero-order valence-corrected chi connectivity index (χ0v) is 9.60. The van der Waals surface area contributed by atoms with Crippen molar-refractivity contribution >= 4 is 5.91 Å². The highest BCUT2D eigenvalue weighted by molar-refractivity contribution is 5.73. The van der Waals surface area contributed by atoms with E-state index in [1.165, 1.54) is 6.92 Å². The summed E-state index contributed by atoms with van der Waals surface area (Å²) in [6.07, 6.45) is 0.0182. The minimum atomic E-state index is -0.544. The molecule has 0 spiro atoms. The van der Waals surface area contributed by atoms with E-state index < -0.39 is 6.10 Å². The number of carbonyl (C=O) groups excluding carboxylic acids is 1. The first kappa shape index (κ1) is 12.5. The Kier molecular flexibility index (Phi) is 4.11. The lowest BCUT2D eigenvalue weighted by Crippen LogP contribution is -2.54. The van der Waals surface area contributed by atoms with Crippen LogP contribution in [0.5, 0.6) is 0 Å². The molecule has 88 valence electrons. The Bertz CT molecular complexity index is 232. The van der Waals surface area contributed by atoms with Gasteiger partial charge < -0.3 is 15.5 Å². The van der Waals surface area contributed by atoms with Gasteiger partial charge in [0.1, 0.15) is 0 Å². The molecule has 15 heavy (non-hydrogen) atoms. The lowest BCUT2D eigenvalue weighted by Gasteiger charge is -2.42. The van der Waals surface area contributed by atoms with E-state index in [0.717, 1.165) is 0 Å². The van der Waals surface area contributed by atoms with E-state index in [4.69, 9.17) is 5.11 Å². The first-order valence-corrected chi connectivity index (χ1v) is 5.53. The second-order valence-electron chi connectivity index (χ2n) is 4.69. The zero-order chi connectivity index (χ0) is 11.6. The summed E-state index contributed by atoms with van der Waals surface area (Å²) >= 11 is 0. The average molecular weight is 215 g/mol. The van der Waals surface area contributed by atoms with E-state index in [1.807, 2.05) is 6.92 Å². The molecule has 1 amide bonds. The van der Waals surface area contributed by atoms with Crippen molar-refractivity contribution in [3.63, 3.8) is 0 Å². The van der Waals surface area contributed by atoms with Crippen molar-refractivity contribution < 1.29 is 15.0 Å². The van der Waals surface area contributed by atoms with Crippen LogP contribution in [-0.2, 0) is 4.79 Å². The third-order valence-corrected chi connectivity index (χ3v) is 3.70. The van der Waals surface area contributed by atoms with Crippen LogP contribution in [0.4, 0.5) is 0 Å². The van der Waals surface area contributed by atoms with Gasteiger partial charge in [-0.05, 0) is 24.2 Å². The number of aliphatic hydroxyl groups is 2. The van der Waals surface area contributed by atoms with Crippen LogP contribution in [0.3, 0.4) is 0 Å². The van der Waals surface area contributed by atoms with Gasteiger partial charge in [-0.15, -0.1) is 0 Å². The van der Waals surface area contributed by atoms with Crippen molar-refractivity contribution in [2.45, 2.75) is 39.3 Å². The van der Waals surface area contributed by atoms with E-state index in [2.05, 4.69) is 12.2 Å². The van der Waals surface area contributed by atoms with E-state index in [-0.39, 0.29) is 30.4 Å². The second-order valence-corrected chi connectivity index (χ2v) is 4.69. The van der Waals surface area contributed by atoms with Crippen molar-refractivity contribution in [3.05, 3.63) is 0 Å². The van der Waals surface area contributed by atoms with Gasteiger partial charge in [0.15, 0.2) is 0 Å². The molecule has 0 saturated heterocycles. The Balaban J connectivity index is 2.70. The number of aliphatic hydroxyl groups excluding tert-OH is 2. The van der Waals surface area contributed by atoms with Gasteiger partial charge in [-0.25, -0.2) is 0 Å². The molecule has 5 unspecified atom stereocenters. The van der Waals surface area contributed by atoms with Crippen LogP contribution in [0.25, 0.3) is 0 Å². The lowest BCUT2D eigenvalue weighted by molar-refractivity contribution is -0.122. The molecule has 1 fully saturated rings. The van der Waals surface area contributed by atoms with Crippen LogP contribution < -0.4 is 5.32 Å². The smallest absolute Gasteiger partial charge is 0.217 e. The van der Waals surface area contributed by atoms with Gasteiger partial charge in [0.25, 0.3) is 0 Å². The highest BCUT2D eigenvalue weighted by Gasteiger charge is 2.39. The Morgan fingerprint density at radius 1 is 1.40 bits per heavy atom. The van der Waals surface area contributed by atoms with Crippen molar-refractivity contribution in [2.24, 2.45) is 17.8 Å². The van der Waals surface area contributed by atoms with Gasteiger partial charge in [-0.3, -0.25) is 4.79 Å². The van der Waals surface area contributed by atoms with E-state index in [1.54, 1.807) is 0 Å². The summed E-state index contributed by atoms with van der Waals surface area (Å²) in [5, 5.41) is 21.8. The predicted molar refractivity (Wildman–Crippen MR) is 57.1 cm³/mol. The maximum Gasteiger partial charge on any atom is 0.217 e. The summed E-state index contributed by atoms with van der Waals surface area (Å²) in [5.41, 5.74) is 0. The summed E-state index contributed by atoms with van der Waals surface area (Å²) in [7, 11) is 0. The van der Waals surface area contributed by atoms with Crippen molar-refractivity contribution in [1.82, 2.24) is 5.32 Å². The first-order valence-electron chi connectivity index (χ1n) is 5.53. The summed E-state index contributed by atoms with van der Waals surface area (Å²) in [4.78, 5) is 11.0. The standard InChI is InChI=1S/C11H21NO3/c1-6-7(2)11(12-8(3)14)10(15)4-9(6)5-13/h6-7,9-11,13,15H,4-5H2,1-3H3,(H,12,14). The largest absolute Gasteiger partial charge is 0.396 e. The molecule has 1 aliphatic rings. The monoisotopic (exact) mass is 215 g/mol. The molecule has 1 saturated carbocycles. The summed E-state index contributed by atoms with van der Waals surface area (Å²) in [6, 6.07) is -0.180. The quantitative estimate of drug-likeness (QED) is 0.613. The number of hydrogen-bond donors (Lipinski definition) is 3. The fourth-order valence-electron chi connectivity index (χ4n) is 2.48. The fourth-order valence-corrected chi connectivity index (χ4v) is 2.48. The minimum absolute atomic E-state index is 0.107. The molecule has 0 aromatic carbocycles. The fraction of sp³-hybridized carbons (Fsp3) is 0.909. The van der Waals surface area contributed by atoms with E-state index in [0.29, 0.717) is 12.3 Å². The molecule has 5 atom stereocenters. The number of rotatable bonds is 2. The average Bonchev–Trinajstić information content (AvgIpc) is 2.18. The molecule has 0 heterocycles. The predicted octanol–water partition coefficient (Wildman–Crippen LogP) is 0.136. The van der Waals surface area contributed by atoms with Crippen molar-refractivity contribution in [1.29, 1.82) is 0 Å². The highest BCUT2D eigenvalue weighted by Crippen LogP contribution is 2.34. The van der Waals surface area contributed by atoms with E-state index >= 15 is 0 Å². The van der Waals surface area contributed by atoms with E-state index in [9.17, 15) is 9.90 Å². The summed E-state index contributed by atoms with van der Waals surface area (Å²) in [6.45, 7) is 5.64. The molecule has 1 rings (SSSR count). The Hall–Kier alpha value is -0.610. The minimum Gasteiger partial charge on any atom is -0.396 e. The molecule has 3 N–H and O–H groups in total. The van der Waals surface area contributed by atoms with Crippen molar-refractivity contribution in [3.8, 4) is 0 Å². The van der Waals surface area contributed by atoms with Gasteiger partial charge in [0, 0.05) is 13.5 Å². The van der Waals surface area contributed by atoms with Gasteiger partial charge in [0.05, 0.1) is 12.1 Å². The molecule has 1 aliphatic carbocycles. The molecule has 0 aromatic heterocycles. The van der Waals surface area contributed by atoms with Gasteiger partial charge >= 0.3 is 0 Å². The van der Waals surface area contributed by atoms with Crippen LogP contribution in [0.15, 0.2) is 0 Å². The zero-order valence-electron chi connectivity index (χ0n) is 9.60. The van der Waals surface area contributed by atoms with Crippen LogP contribution in [0, 0.1) is 17.8 Å². The van der Waals surface area contributed by atoms with Crippen LogP contribution in [0.2, 0.25) is 0 Å². The van der Waals surface area contributed by atoms with Crippen LogP contribution in [0.1, 0.15) is 27.2 Å². The highest BCUT2D eigenvalue weighted by atomic mass is 16.3. The number of hydrogen-bond acceptors (Lipinski definition) is 3. The molecular weight excluding hydrogens is 194 g/mol. The SMILES string of the molecule is CC(=O)NC1C(O)CC(CO)C(C)C1C. The number of amides is 1.